The summed E-state index contributed by atoms with van der Waals surface area (Å²) in [6, 6.07) is 18.5. The molecule has 1 saturated carbocycles. The lowest BCUT2D eigenvalue weighted by molar-refractivity contribution is -0.286. The van der Waals surface area contributed by atoms with Gasteiger partial charge in [0.15, 0.2) is 11.5 Å². The average Bonchev–Trinajstić information content (AvgIpc) is 3.80. The summed E-state index contributed by atoms with van der Waals surface area (Å²) >= 11 is 0. The van der Waals surface area contributed by atoms with E-state index >= 15 is 0 Å². The van der Waals surface area contributed by atoms with Crippen molar-refractivity contribution >= 4 is 41.2 Å². The van der Waals surface area contributed by atoms with Crippen LogP contribution in [0.15, 0.2) is 71.1 Å². The van der Waals surface area contributed by atoms with Crippen molar-refractivity contribution in [1.29, 1.82) is 0 Å². The van der Waals surface area contributed by atoms with E-state index in [1.807, 2.05) is 19.1 Å². The van der Waals surface area contributed by atoms with Gasteiger partial charge in [0.1, 0.15) is 18.1 Å². The summed E-state index contributed by atoms with van der Waals surface area (Å²) < 4.78 is 42.1. The topological polar surface area (TPSA) is 172 Å². The van der Waals surface area contributed by atoms with Crippen molar-refractivity contribution in [3.8, 4) is 22.8 Å². The molecule has 0 spiro atoms. The van der Waals surface area contributed by atoms with Gasteiger partial charge in [-0.15, -0.1) is 8.78 Å². The van der Waals surface area contributed by atoms with Crippen molar-refractivity contribution in [2.45, 2.75) is 76.9 Å². The van der Waals surface area contributed by atoms with Crippen molar-refractivity contribution in [2.75, 3.05) is 42.9 Å². The highest BCUT2D eigenvalue weighted by molar-refractivity contribution is 6.01. The second kappa shape index (κ2) is 17.3. The van der Waals surface area contributed by atoms with Gasteiger partial charge in [0.05, 0.1) is 11.1 Å². The molecule has 0 bridgehead atoms. The number of amides is 5. The van der Waals surface area contributed by atoms with Gasteiger partial charge in [0, 0.05) is 62.6 Å². The molecule has 2 aromatic heterocycles. The average molecular weight is 813 g/mol. The molecule has 2 aromatic carbocycles. The number of piperazine rings is 1. The van der Waals surface area contributed by atoms with Gasteiger partial charge in [-0.1, -0.05) is 31.2 Å². The lowest BCUT2D eigenvalue weighted by Crippen LogP contribution is -2.52. The summed E-state index contributed by atoms with van der Waals surface area (Å²) in [5, 5.41) is 8.76. The van der Waals surface area contributed by atoms with Gasteiger partial charge in [0.2, 0.25) is 29.5 Å². The predicted molar refractivity (Wildman–Crippen MR) is 212 cm³/mol. The number of hydrogen-bond acceptors (Lipinski definition) is 9. The standard InChI is InChI=1S/C43H46F2N6O8/c1-3-36(53)50-22-23-51(37(54)26-50)38-17-13-31(57-38)12-16-35(52)46-20-5-4-6-21-47-40(55)29-9-7-8-28(24-29)39-27(2)10-15-34(48-39)49-41(56)42(18-19-42)30-11-14-32-33(25-30)59-43(44,45)58-32/h7-11,13-15,17,24-25H,3-6,12,16,18-23,26H2,1-2H3,(H,46,52)(H,47,55)(H,48,49,56). The highest BCUT2D eigenvalue weighted by atomic mass is 19.3. The molecule has 3 N–H and O–H groups in total. The van der Waals surface area contributed by atoms with Crippen LogP contribution in [0.1, 0.15) is 79.1 Å². The maximum Gasteiger partial charge on any atom is 0.586 e. The molecular formula is C43H46F2N6O8. The van der Waals surface area contributed by atoms with Gasteiger partial charge in [0.25, 0.3) is 5.91 Å². The minimum absolute atomic E-state index is 0.0250. The minimum Gasteiger partial charge on any atom is -0.445 e. The molecule has 16 heteroatoms. The number of aromatic nitrogens is 1. The van der Waals surface area contributed by atoms with Crippen molar-refractivity contribution < 1.29 is 46.6 Å². The van der Waals surface area contributed by atoms with Crippen LogP contribution in [-0.2, 0) is 31.0 Å². The van der Waals surface area contributed by atoms with Crippen molar-refractivity contribution in [2.24, 2.45) is 0 Å². The van der Waals surface area contributed by atoms with E-state index in [0.717, 1.165) is 24.8 Å². The number of ether oxygens (including phenoxy) is 2. The highest BCUT2D eigenvalue weighted by Crippen LogP contribution is 2.52. The Morgan fingerprint density at radius 2 is 1.66 bits per heavy atom. The van der Waals surface area contributed by atoms with Crippen LogP contribution in [-0.4, -0.2) is 78.4 Å². The lowest BCUT2D eigenvalue weighted by Gasteiger charge is -2.32. The first-order valence-electron chi connectivity index (χ1n) is 19.9. The van der Waals surface area contributed by atoms with Gasteiger partial charge in [-0.25, -0.2) is 4.98 Å². The van der Waals surface area contributed by atoms with Crippen LogP contribution in [0.5, 0.6) is 11.5 Å². The monoisotopic (exact) mass is 812 g/mol. The fourth-order valence-electron chi connectivity index (χ4n) is 7.23. The smallest absolute Gasteiger partial charge is 0.445 e. The molecule has 5 amide bonds. The van der Waals surface area contributed by atoms with E-state index in [1.165, 1.54) is 17.0 Å². The van der Waals surface area contributed by atoms with Crippen LogP contribution in [0.3, 0.4) is 0 Å². The first kappa shape index (κ1) is 40.9. The number of furan rings is 1. The number of nitrogens with zero attached hydrogens (tertiary/aromatic N) is 3. The van der Waals surface area contributed by atoms with Crippen LogP contribution in [0.4, 0.5) is 20.5 Å². The van der Waals surface area contributed by atoms with Crippen LogP contribution >= 0.6 is 0 Å². The summed E-state index contributed by atoms with van der Waals surface area (Å²) in [5.74, 6) is 0.223. The summed E-state index contributed by atoms with van der Waals surface area (Å²) in [7, 11) is 0. The molecule has 2 aliphatic heterocycles. The van der Waals surface area contributed by atoms with E-state index in [4.69, 9.17) is 9.40 Å². The third-order valence-electron chi connectivity index (χ3n) is 10.7. The Balaban J connectivity index is 0.818. The Morgan fingerprint density at radius 3 is 2.42 bits per heavy atom. The number of alkyl halides is 2. The molecule has 14 nitrogen and oxygen atoms in total. The van der Waals surface area contributed by atoms with Gasteiger partial charge in [-0.2, -0.15) is 0 Å². The Labute approximate surface area is 339 Å². The Hall–Kier alpha value is -6.32. The molecule has 7 rings (SSSR count). The lowest BCUT2D eigenvalue weighted by atomic mass is 9.94. The summed E-state index contributed by atoms with van der Waals surface area (Å²) in [6.45, 7) is 5.44. The number of anilines is 2. The van der Waals surface area contributed by atoms with Crippen LogP contribution in [0.2, 0.25) is 0 Å². The molecule has 310 valence electrons. The molecule has 0 radical (unpaired) electrons. The maximum absolute atomic E-state index is 13.6. The number of nitrogens with one attached hydrogen (secondary N) is 3. The van der Waals surface area contributed by atoms with Gasteiger partial charge < -0.3 is 34.7 Å². The van der Waals surface area contributed by atoms with Gasteiger partial charge >= 0.3 is 6.29 Å². The first-order valence-corrected chi connectivity index (χ1v) is 19.9. The Kier molecular flexibility index (Phi) is 12.0. The van der Waals surface area contributed by atoms with E-state index < -0.39 is 11.7 Å². The van der Waals surface area contributed by atoms with E-state index in [9.17, 15) is 32.8 Å². The van der Waals surface area contributed by atoms with Crippen molar-refractivity contribution in [1.82, 2.24) is 20.5 Å². The van der Waals surface area contributed by atoms with E-state index in [0.29, 0.717) is 91.7 Å². The molecule has 4 aromatic rings. The van der Waals surface area contributed by atoms with E-state index in [1.54, 1.807) is 54.3 Å². The third-order valence-corrected chi connectivity index (χ3v) is 10.7. The highest BCUT2D eigenvalue weighted by Gasteiger charge is 2.53. The number of hydrogen-bond donors (Lipinski definition) is 3. The molecule has 0 atom stereocenters. The van der Waals surface area contributed by atoms with Crippen molar-refractivity contribution in [3.05, 3.63) is 89.2 Å². The Morgan fingerprint density at radius 1 is 0.881 bits per heavy atom. The fourth-order valence-corrected chi connectivity index (χ4v) is 7.23. The van der Waals surface area contributed by atoms with Crippen LogP contribution in [0, 0.1) is 6.92 Å². The summed E-state index contributed by atoms with van der Waals surface area (Å²) in [4.78, 5) is 71.3. The second-order valence-electron chi connectivity index (χ2n) is 14.9. The molecule has 1 saturated heterocycles. The number of unbranched alkanes of at least 4 members (excludes halogenated alkanes) is 2. The van der Waals surface area contributed by atoms with E-state index in [2.05, 4.69) is 25.4 Å². The van der Waals surface area contributed by atoms with Crippen molar-refractivity contribution in [3.63, 3.8) is 0 Å². The number of benzene rings is 2. The third kappa shape index (κ3) is 9.53. The number of carbonyl (C=O) groups is 5. The van der Waals surface area contributed by atoms with Crippen LogP contribution < -0.4 is 30.3 Å². The molecule has 4 heterocycles. The number of aryl methyl sites for hydroxylation is 2. The number of rotatable bonds is 16. The predicted octanol–water partition coefficient (Wildman–Crippen LogP) is 5.88. The largest absolute Gasteiger partial charge is 0.586 e. The fraction of sp³-hybridized carbons (Fsp3) is 0.395. The Bertz CT molecular complexity index is 2260. The SMILES string of the molecule is CCC(=O)N1CCN(c2ccc(CCC(=O)NCCCCCNC(=O)c3cccc(-c4nc(NC(=O)C5(c6ccc7c(c6)OC(F)(F)O7)CC5)ccc4C)c3)o2)C(=O)C1. The number of halogens is 2. The summed E-state index contributed by atoms with van der Waals surface area (Å²) in [6.07, 6.45) is 0.552. The number of fused-ring (bicyclic) bond motifs is 1. The zero-order valence-electron chi connectivity index (χ0n) is 32.9. The quantitative estimate of drug-likeness (QED) is 0.117. The second-order valence-corrected chi connectivity index (χ2v) is 14.9. The minimum atomic E-state index is -3.75. The molecule has 1 aliphatic carbocycles. The van der Waals surface area contributed by atoms with Gasteiger partial charge in [-0.05, 0) is 86.6 Å². The zero-order chi connectivity index (χ0) is 41.7. The molecular weight excluding hydrogens is 767 g/mol. The zero-order valence-corrected chi connectivity index (χ0v) is 32.9. The molecule has 2 fully saturated rings. The van der Waals surface area contributed by atoms with E-state index in [-0.39, 0.29) is 54.0 Å². The normalized spacial score (nSPS) is 16.1. The first-order chi connectivity index (χ1) is 28.3. The molecule has 59 heavy (non-hydrogen) atoms. The molecule has 3 aliphatic rings. The number of carbonyl (C=O) groups excluding carboxylic acids is 5. The van der Waals surface area contributed by atoms with Crippen LogP contribution in [0.25, 0.3) is 11.3 Å². The maximum atomic E-state index is 13.6. The molecule has 0 unspecified atom stereocenters. The number of pyridine rings is 1. The summed E-state index contributed by atoms with van der Waals surface area (Å²) in [5.41, 5.74) is 2.24. The van der Waals surface area contributed by atoms with Gasteiger partial charge in [-0.3, -0.25) is 28.9 Å².